The molecule has 8 nitrogen and oxygen atoms in total. The second-order valence-electron chi connectivity index (χ2n) is 4.87. The van der Waals surface area contributed by atoms with Crippen LogP contribution in [0.15, 0.2) is 24.4 Å². The highest BCUT2D eigenvalue weighted by atomic mass is 35.5. The van der Waals surface area contributed by atoms with Crippen LogP contribution >= 0.6 is 11.6 Å². The standard InChI is InChI=1S/C14H14ClN7O/c1-8(2)18-14(23)9-3-4-11(15)12(5-9)17-7-10(6-16)13-19-21-22-20-13/h3-5,7-8,17H,1-2H3,(H,18,23)(H,19,20,21,22). The van der Waals surface area contributed by atoms with Crippen molar-refractivity contribution in [3.63, 3.8) is 0 Å². The lowest BCUT2D eigenvalue weighted by atomic mass is 10.1. The Morgan fingerprint density at radius 1 is 1.48 bits per heavy atom. The minimum atomic E-state index is -0.206. The van der Waals surface area contributed by atoms with Crippen LogP contribution in [-0.2, 0) is 0 Å². The molecule has 118 valence electrons. The number of H-pyrrole nitrogens is 1. The normalized spacial score (nSPS) is 11.2. The minimum Gasteiger partial charge on any atom is -0.359 e. The van der Waals surface area contributed by atoms with Gasteiger partial charge in [-0.25, -0.2) is 0 Å². The summed E-state index contributed by atoms with van der Waals surface area (Å²) in [6.07, 6.45) is 1.40. The van der Waals surface area contributed by atoms with Gasteiger partial charge >= 0.3 is 0 Å². The molecule has 0 radical (unpaired) electrons. The number of rotatable bonds is 5. The summed E-state index contributed by atoms with van der Waals surface area (Å²) in [5.41, 5.74) is 1.11. The molecule has 3 N–H and O–H groups in total. The number of nitrogens with one attached hydrogen (secondary N) is 3. The van der Waals surface area contributed by atoms with Gasteiger partial charge in [-0.1, -0.05) is 11.6 Å². The molecule has 2 aromatic rings. The minimum absolute atomic E-state index is 0.0258. The molecule has 23 heavy (non-hydrogen) atoms. The highest BCUT2D eigenvalue weighted by Crippen LogP contribution is 2.24. The number of halogens is 1. The molecule has 9 heteroatoms. The first-order chi connectivity index (χ1) is 11.0. The van der Waals surface area contributed by atoms with Crippen LogP contribution in [0.3, 0.4) is 0 Å². The number of hydrogen-bond donors (Lipinski definition) is 3. The molecule has 0 fully saturated rings. The van der Waals surface area contributed by atoms with Gasteiger partial charge in [0.05, 0.1) is 10.7 Å². The predicted molar refractivity (Wildman–Crippen MR) is 85.4 cm³/mol. The number of carbonyl (C=O) groups excluding carboxylic acids is 1. The van der Waals surface area contributed by atoms with E-state index in [4.69, 9.17) is 16.9 Å². The van der Waals surface area contributed by atoms with Gasteiger partial charge in [-0.3, -0.25) is 4.79 Å². The van der Waals surface area contributed by atoms with Gasteiger partial charge in [0, 0.05) is 17.8 Å². The van der Waals surface area contributed by atoms with Crippen molar-refractivity contribution >= 4 is 28.8 Å². The Morgan fingerprint density at radius 3 is 2.87 bits per heavy atom. The molecule has 0 atom stereocenters. The number of tetrazole rings is 1. The predicted octanol–water partition coefficient (Wildman–Crippen LogP) is 1.97. The molecule has 0 saturated carbocycles. The van der Waals surface area contributed by atoms with Gasteiger partial charge in [0.15, 0.2) is 0 Å². The highest BCUT2D eigenvalue weighted by Gasteiger charge is 2.10. The van der Waals surface area contributed by atoms with Crippen molar-refractivity contribution in [2.45, 2.75) is 19.9 Å². The Morgan fingerprint density at radius 2 is 2.26 bits per heavy atom. The molecule has 0 aliphatic heterocycles. The molecular formula is C14H14ClN7O. The van der Waals surface area contributed by atoms with E-state index in [2.05, 4.69) is 31.3 Å². The third-order valence-electron chi connectivity index (χ3n) is 2.73. The van der Waals surface area contributed by atoms with Crippen molar-refractivity contribution in [2.75, 3.05) is 5.32 Å². The fourth-order valence-electron chi connectivity index (χ4n) is 1.70. The lowest BCUT2D eigenvalue weighted by Gasteiger charge is -2.10. The van der Waals surface area contributed by atoms with E-state index >= 15 is 0 Å². The van der Waals surface area contributed by atoms with E-state index in [-0.39, 0.29) is 23.3 Å². The molecular weight excluding hydrogens is 318 g/mol. The summed E-state index contributed by atoms with van der Waals surface area (Å²) >= 11 is 6.10. The third-order valence-corrected chi connectivity index (χ3v) is 3.06. The van der Waals surface area contributed by atoms with Crippen molar-refractivity contribution in [3.8, 4) is 6.07 Å². The van der Waals surface area contributed by atoms with Crippen molar-refractivity contribution in [3.05, 3.63) is 40.8 Å². The molecule has 0 aliphatic carbocycles. The summed E-state index contributed by atoms with van der Waals surface area (Å²) in [5, 5.41) is 28.3. The Labute approximate surface area is 137 Å². The SMILES string of the molecule is CC(C)NC(=O)c1ccc(Cl)c(NC=C(C#N)c2nn[nH]n2)c1. The Bertz CT molecular complexity index is 762. The van der Waals surface area contributed by atoms with Crippen LogP contribution in [0.4, 0.5) is 5.69 Å². The van der Waals surface area contributed by atoms with Crippen LogP contribution in [0, 0.1) is 11.3 Å². The largest absolute Gasteiger partial charge is 0.359 e. The average Bonchev–Trinajstić information content (AvgIpc) is 3.03. The second kappa shape index (κ2) is 7.38. The van der Waals surface area contributed by atoms with Gasteiger partial charge in [0.25, 0.3) is 5.91 Å². The highest BCUT2D eigenvalue weighted by molar-refractivity contribution is 6.33. The summed E-state index contributed by atoms with van der Waals surface area (Å²) in [6, 6.07) is 6.80. The monoisotopic (exact) mass is 331 g/mol. The molecule has 1 aromatic carbocycles. The first-order valence-electron chi connectivity index (χ1n) is 6.72. The smallest absolute Gasteiger partial charge is 0.251 e. The van der Waals surface area contributed by atoms with Crippen molar-refractivity contribution in [2.24, 2.45) is 0 Å². The number of nitrogens with zero attached hydrogens (tertiary/aromatic N) is 4. The van der Waals surface area contributed by atoms with Crippen molar-refractivity contribution in [1.29, 1.82) is 5.26 Å². The van der Waals surface area contributed by atoms with Crippen LogP contribution in [0.25, 0.3) is 5.57 Å². The van der Waals surface area contributed by atoms with Crippen molar-refractivity contribution in [1.82, 2.24) is 25.9 Å². The molecule has 0 unspecified atom stereocenters. The average molecular weight is 332 g/mol. The zero-order valence-electron chi connectivity index (χ0n) is 12.5. The summed E-state index contributed by atoms with van der Waals surface area (Å²) in [5.74, 6) is -0.0489. The first kappa shape index (κ1) is 16.5. The number of aromatic amines is 1. The fraction of sp³-hybridized carbons (Fsp3) is 0.214. The Balaban J connectivity index is 2.23. The van der Waals surface area contributed by atoms with Crippen LogP contribution in [0.5, 0.6) is 0 Å². The van der Waals surface area contributed by atoms with Crippen LogP contribution in [0.2, 0.25) is 5.02 Å². The van der Waals surface area contributed by atoms with Gasteiger partial charge in [-0.15, -0.1) is 10.2 Å². The molecule has 1 aromatic heterocycles. The first-order valence-corrected chi connectivity index (χ1v) is 7.10. The van der Waals surface area contributed by atoms with E-state index < -0.39 is 0 Å². The number of carbonyl (C=O) groups is 1. The number of allylic oxidation sites excluding steroid dienone is 1. The van der Waals surface area contributed by atoms with Gasteiger partial charge in [0.2, 0.25) is 5.82 Å². The molecule has 0 saturated heterocycles. The molecule has 1 amide bonds. The quantitative estimate of drug-likeness (QED) is 0.720. The Hall–Kier alpha value is -2.92. The second-order valence-corrected chi connectivity index (χ2v) is 5.28. The van der Waals surface area contributed by atoms with E-state index in [0.717, 1.165) is 0 Å². The van der Waals surface area contributed by atoms with Gasteiger partial charge in [0.1, 0.15) is 11.6 Å². The van der Waals surface area contributed by atoms with Gasteiger partial charge in [-0.2, -0.15) is 10.5 Å². The maximum absolute atomic E-state index is 12.0. The lowest BCUT2D eigenvalue weighted by Crippen LogP contribution is -2.30. The number of amides is 1. The van der Waals surface area contributed by atoms with E-state index in [1.165, 1.54) is 6.20 Å². The topological polar surface area (TPSA) is 119 Å². The summed E-state index contributed by atoms with van der Waals surface area (Å²) in [7, 11) is 0. The maximum Gasteiger partial charge on any atom is 0.251 e. The molecule has 0 spiro atoms. The van der Waals surface area contributed by atoms with Gasteiger partial charge in [-0.05, 0) is 37.3 Å². The number of nitriles is 1. The Kier molecular flexibility index (Phi) is 5.28. The zero-order valence-corrected chi connectivity index (χ0v) is 13.2. The number of benzene rings is 1. The third kappa shape index (κ3) is 4.28. The van der Waals surface area contributed by atoms with E-state index in [1.807, 2.05) is 19.9 Å². The summed E-state index contributed by atoms with van der Waals surface area (Å²) in [6.45, 7) is 3.75. The number of anilines is 1. The lowest BCUT2D eigenvalue weighted by molar-refractivity contribution is 0.0943. The van der Waals surface area contributed by atoms with Crippen LogP contribution < -0.4 is 10.6 Å². The summed E-state index contributed by atoms with van der Waals surface area (Å²) < 4.78 is 0. The molecule has 2 rings (SSSR count). The van der Waals surface area contributed by atoms with Crippen molar-refractivity contribution < 1.29 is 4.79 Å². The molecule has 0 bridgehead atoms. The molecule has 1 heterocycles. The fourth-order valence-corrected chi connectivity index (χ4v) is 1.87. The maximum atomic E-state index is 12.0. The van der Waals surface area contributed by atoms with Crippen LogP contribution in [-0.4, -0.2) is 32.6 Å². The molecule has 0 aliphatic rings. The zero-order chi connectivity index (χ0) is 16.8. The number of hydrogen-bond acceptors (Lipinski definition) is 6. The van der Waals surface area contributed by atoms with E-state index in [9.17, 15) is 4.79 Å². The number of aromatic nitrogens is 4. The van der Waals surface area contributed by atoms with Gasteiger partial charge < -0.3 is 10.6 Å². The van der Waals surface area contributed by atoms with E-state index in [0.29, 0.717) is 16.3 Å². The van der Waals surface area contributed by atoms with E-state index in [1.54, 1.807) is 18.2 Å². The van der Waals surface area contributed by atoms with Crippen LogP contribution in [0.1, 0.15) is 30.0 Å². The summed E-state index contributed by atoms with van der Waals surface area (Å²) in [4.78, 5) is 12.0.